The van der Waals surface area contributed by atoms with Crippen LogP contribution in [0.15, 0.2) is 65.3 Å². The number of carbonyl (C=O) groups is 2. The van der Waals surface area contributed by atoms with Gasteiger partial charge in [-0.05, 0) is 66.8 Å². The van der Waals surface area contributed by atoms with Crippen molar-refractivity contribution in [1.29, 1.82) is 0 Å². The number of nitrogens with one attached hydrogen (secondary N) is 1. The molecule has 0 radical (unpaired) electrons. The predicted molar refractivity (Wildman–Crippen MR) is 134 cm³/mol. The molecule has 1 aliphatic carbocycles. The SMILES string of the molecule is CCc1ccc(N(C(=O)c2ccco2)[C@@H](C(=O)NC2CCCC2)c2ccc(OC)c(OC)c2)cc1. The van der Waals surface area contributed by atoms with E-state index in [2.05, 4.69) is 12.2 Å². The molecule has 0 bridgehead atoms. The quantitative estimate of drug-likeness (QED) is 0.453. The molecular formula is C28H32N2O5. The fourth-order valence-corrected chi connectivity index (χ4v) is 4.59. The first-order chi connectivity index (χ1) is 17.0. The lowest BCUT2D eigenvalue weighted by atomic mass is 10.0. The molecule has 1 aromatic heterocycles. The van der Waals surface area contributed by atoms with Crippen LogP contribution in [0.25, 0.3) is 0 Å². The van der Waals surface area contributed by atoms with E-state index in [0.29, 0.717) is 22.7 Å². The number of carbonyl (C=O) groups excluding carboxylic acids is 2. The Morgan fingerprint density at radius 2 is 1.74 bits per heavy atom. The summed E-state index contributed by atoms with van der Waals surface area (Å²) >= 11 is 0. The van der Waals surface area contributed by atoms with Crippen molar-refractivity contribution in [2.75, 3.05) is 19.1 Å². The molecule has 0 spiro atoms. The highest BCUT2D eigenvalue weighted by atomic mass is 16.5. The fraction of sp³-hybridized carbons (Fsp3) is 0.357. The van der Waals surface area contributed by atoms with Gasteiger partial charge >= 0.3 is 0 Å². The van der Waals surface area contributed by atoms with Crippen LogP contribution in [0.3, 0.4) is 0 Å². The average molecular weight is 477 g/mol. The number of nitrogens with zero attached hydrogens (tertiary/aromatic N) is 1. The Hall–Kier alpha value is -3.74. The van der Waals surface area contributed by atoms with Crippen molar-refractivity contribution in [3.05, 3.63) is 77.7 Å². The van der Waals surface area contributed by atoms with Crippen LogP contribution in [0.2, 0.25) is 0 Å². The van der Waals surface area contributed by atoms with Crippen LogP contribution >= 0.6 is 0 Å². The Labute approximate surface area is 206 Å². The molecule has 1 aliphatic rings. The van der Waals surface area contributed by atoms with E-state index in [4.69, 9.17) is 13.9 Å². The van der Waals surface area contributed by atoms with Crippen LogP contribution in [0.4, 0.5) is 5.69 Å². The molecule has 1 N–H and O–H groups in total. The topological polar surface area (TPSA) is 81.0 Å². The van der Waals surface area contributed by atoms with Crippen molar-refractivity contribution in [2.24, 2.45) is 0 Å². The zero-order chi connectivity index (χ0) is 24.8. The molecule has 2 amide bonds. The summed E-state index contributed by atoms with van der Waals surface area (Å²) in [6, 6.07) is 15.4. The van der Waals surface area contributed by atoms with E-state index in [9.17, 15) is 9.59 Å². The summed E-state index contributed by atoms with van der Waals surface area (Å²) in [6.07, 6.45) is 6.35. The van der Waals surface area contributed by atoms with Crippen molar-refractivity contribution in [2.45, 2.75) is 51.1 Å². The second-order valence-electron chi connectivity index (χ2n) is 8.68. The maximum atomic E-state index is 13.9. The Kier molecular flexibility index (Phi) is 7.75. The number of rotatable bonds is 9. The Morgan fingerprint density at radius 3 is 2.34 bits per heavy atom. The summed E-state index contributed by atoms with van der Waals surface area (Å²) in [6.45, 7) is 2.07. The lowest BCUT2D eigenvalue weighted by Crippen LogP contribution is -2.46. The lowest BCUT2D eigenvalue weighted by molar-refractivity contribution is -0.123. The molecule has 4 rings (SSSR count). The van der Waals surface area contributed by atoms with Gasteiger partial charge in [-0.3, -0.25) is 14.5 Å². The van der Waals surface area contributed by atoms with Gasteiger partial charge in [-0.1, -0.05) is 38.0 Å². The monoisotopic (exact) mass is 476 g/mol. The normalized spacial score (nSPS) is 14.4. The largest absolute Gasteiger partial charge is 0.493 e. The third-order valence-electron chi connectivity index (χ3n) is 6.50. The fourth-order valence-electron chi connectivity index (χ4n) is 4.59. The van der Waals surface area contributed by atoms with Crippen LogP contribution in [-0.2, 0) is 11.2 Å². The van der Waals surface area contributed by atoms with E-state index < -0.39 is 11.9 Å². The van der Waals surface area contributed by atoms with Gasteiger partial charge in [-0.15, -0.1) is 0 Å². The number of amides is 2. The molecule has 0 aliphatic heterocycles. The van der Waals surface area contributed by atoms with E-state index in [0.717, 1.165) is 37.7 Å². The third-order valence-corrected chi connectivity index (χ3v) is 6.50. The Bertz CT molecular complexity index is 1130. The molecule has 1 atom stereocenters. The smallest absolute Gasteiger partial charge is 0.294 e. The number of hydrogen-bond acceptors (Lipinski definition) is 5. The first-order valence-corrected chi connectivity index (χ1v) is 12.0. The molecular weight excluding hydrogens is 444 g/mol. The van der Waals surface area contributed by atoms with Crippen LogP contribution in [0.1, 0.15) is 60.3 Å². The molecule has 7 nitrogen and oxygen atoms in total. The van der Waals surface area contributed by atoms with Crippen LogP contribution in [0, 0.1) is 0 Å². The van der Waals surface area contributed by atoms with Crippen LogP contribution in [-0.4, -0.2) is 32.1 Å². The van der Waals surface area contributed by atoms with Crippen LogP contribution < -0.4 is 19.7 Å². The summed E-state index contributed by atoms with van der Waals surface area (Å²) < 4.78 is 16.4. The number of benzene rings is 2. The van der Waals surface area contributed by atoms with Gasteiger partial charge in [0.1, 0.15) is 6.04 Å². The van der Waals surface area contributed by atoms with Gasteiger partial charge in [-0.2, -0.15) is 0 Å². The minimum atomic E-state index is -0.944. The van der Waals surface area contributed by atoms with Gasteiger partial charge in [0.25, 0.3) is 5.91 Å². The molecule has 184 valence electrons. The maximum absolute atomic E-state index is 13.9. The first kappa shape index (κ1) is 24.4. The molecule has 0 unspecified atom stereocenters. The number of ether oxygens (including phenoxy) is 2. The lowest BCUT2D eigenvalue weighted by Gasteiger charge is -2.32. The number of aryl methyl sites for hydroxylation is 1. The minimum absolute atomic E-state index is 0.0909. The van der Waals surface area contributed by atoms with Crippen molar-refractivity contribution in [3.8, 4) is 11.5 Å². The molecule has 7 heteroatoms. The summed E-state index contributed by atoms with van der Waals surface area (Å²) in [5.74, 6) is 0.533. The predicted octanol–water partition coefficient (Wildman–Crippen LogP) is 5.31. The number of hydrogen-bond donors (Lipinski definition) is 1. The zero-order valence-corrected chi connectivity index (χ0v) is 20.5. The molecule has 1 saturated carbocycles. The van der Waals surface area contributed by atoms with Crippen LogP contribution in [0.5, 0.6) is 11.5 Å². The summed E-state index contributed by atoms with van der Waals surface area (Å²) in [4.78, 5) is 29.2. The standard InChI is InChI=1S/C28H32N2O5/c1-4-19-11-14-22(15-12-19)30(28(32)24-10-7-17-35-24)26(27(31)29-21-8-5-6-9-21)20-13-16-23(33-2)25(18-20)34-3/h7,10-18,21,26H,4-6,8-9H2,1-3H3,(H,29,31)/t26-/m1/s1. The highest BCUT2D eigenvalue weighted by Gasteiger charge is 2.36. The third kappa shape index (κ3) is 5.34. The Balaban J connectivity index is 1.84. The molecule has 0 saturated heterocycles. The van der Waals surface area contributed by atoms with E-state index in [1.54, 1.807) is 44.6 Å². The summed E-state index contributed by atoms with van der Waals surface area (Å²) in [5.41, 5.74) is 2.35. The van der Waals surface area contributed by atoms with Crippen molar-refractivity contribution in [3.63, 3.8) is 0 Å². The second kappa shape index (κ2) is 11.1. The number of furan rings is 1. The Morgan fingerprint density at radius 1 is 1.03 bits per heavy atom. The van der Waals surface area contributed by atoms with Gasteiger partial charge in [0.05, 0.1) is 20.5 Å². The van der Waals surface area contributed by atoms with Gasteiger partial charge in [0, 0.05) is 11.7 Å². The first-order valence-electron chi connectivity index (χ1n) is 12.0. The summed E-state index contributed by atoms with van der Waals surface area (Å²) in [5, 5.41) is 3.18. The molecule has 1 heterocycles. The maximum Gasteiger partial charge on any atom is 0.294 e. The number of methoxy groups -OCH3 is 2. The van der Waals surface area contributed by atoms with Crippen molar-refractivity contribution < 1.29 is 23.5 Å². The molecule has 1 fully saturated rings. The second-order valence-corrected chi connectivity index (χ2v) is 8.68. The van der Waals surface area contributed by atoms with E-state index >= 15 is 0 Å². The minimum Gasteiger partial charge on any atom is -0.493 e. The van der Waals surface area contributed by atoms with Crippen molar-refractivity contribution >= 4 is 17.5 Å². The molecule has 35 heavy (non-hydrogen) atoms. The van der Waals surface area contributed by atoms with E-state index in [-0.39, 0.29) is 17.7 Å². The van der Waals surface area contributed by atoms with E-state index in [1.165, 1.54) is 11.2 Å². The van der Waals surface area contributed by atoms with Gasteiger partial charge in [-0.25, -0.2) is 0 Å². The highest BCUT2D eigenvalue weighted by molar-refractivity contribution is 6.08. The average Bonchev–Trinajstić information content (AvgIpc) is 3.61. The summed E-state index contributed by atoms with van der Waals surface area (Å²) in [7, 11) is 3.11. The molecule has 3 aromatic rings. The number of anilines is 1. The van der Waals surface area contributed by atoms with E-state index in [1.807, 2.05) is 24.3 Å². The highest BCUT2D eigenvalue weighted by Crippen LogP contribution is 2.36. The van der Waals surface area contributed by atoms with Crippen molar-refractivity contribution in [1.82, 2.24) is 5.32 Å². The van der Waals surface area contributed by atoms with Gasteiger partial charge < -0.3 is 19.2 Å². The zero-order valence-electron chi connectivity index (χ0n) is 20.5. The molecule has 2 aromatic carbocycles. The van der Waals surface area contributed by atoms with Gasteiger partial charge in [0.15, 0.2) is 17.3 Å². The van der Waals surface area contributed by atoms with Gasteiger partial charge in [0.2, 0.25) is 5.91 Å².